The molecule has 4 heterocycles. The first-order chi connectivity index (χ1) is 19.8. The first-order valence-electron chi connectivity index (χ1n) is 14.6. The summed E-state index contributed by atoms with van der Waals surface area (Å²) < 4.78 is 38.0. The summed E-state index contributed by atoms with van der Waals surface area (Å²) in [6.45, 7) is 10.6. The molecule has 0 spiro atoms. The molecule has 2 aromatic heterocycles. The average molecular weight is 562 g/mol. The number of esters is 1. The zero-order chi connectivity index (χ0) is 28.8. The number of hydrogen-bond acceptors (Lipinski definition) is 5. The number of carbonyl (C=O) groups is 1. The van der Waals surface area contributed by atoms with E-state index in [0.29, 0.717) is 17.9 Å². The number of likely N-dealkylation sites (tertiary alicyclic amines) is 1. The van der Waals surface area contributed by atoms with Gasteiger partial charge in [0.05, 0.1) is 30.7 Å². The number of fused-ring (bicyclic) bond motifs is 2. The second-order valence-electron chi connectivity index (χ2n) is 11.3. The molecular weight excluding hydrogens is 524 g/mol. The van der Waals surface area contributed by atoms with Gasteiger partial charge >= 0.3 is 5.97 Å². The highest BCUT2D eigenvalue weighted by molar-refractivity contribution is 5.91. The molecule has 0 N–H and O–H groups in total. The van der Waals surface area contributed by atoms with Crippen molar-refractivity contribution in [2.45, 2.75) is 71.4 Å². The van der Waals surface area contributed by atoms with Crippen LogP contribution < -0.4 is 0 Å². The molecule has 0 saturated carbocycles. The predicted octanol–water partition coefficient (Wildman–Crippen LogP) is 5.71. The number of imidazole rings is 1. The van der Waals surface area contributed by atoms with Gasteiger partial charge in [0.1, 0.15) is 12.3 Å². The molecule has 0 aliphatic carbocycles. The number of carbonyl (C=O) groups excluding carboxylic acids is 1. The van der Waals surface area contributed by atoms with Gasteiger partial charge in [-0.1, -0.05) is 37.3 Å². The third kappa shape index (κ3) is 4.94. The van der Waals surface area contributed by atoms with Crippen LogP contribution in [0.15, 0.2) is 42.9 Å². The summed E-state index contributed by atoms with van der Waals surface area (Å²) in [5.41, 5.74) is 7.10. The second-order valence-corrected chi connectivity index (χ2v) is 11.3. The van der Waals surface area contributed by atoms with E-state index in [-0.39, 0.29) is 25.5 Å². The highest BCUT2D eigenvalue weighted by Crippen LogP contribution is 2.36. The van der Waals surface area contributed by atoms with Crippen LogP contribution in [0.4, 0.5) is 8.78 Å². The Kier molecular flexibility index (Phi) is 7.40. The van der Waals surface area contributed by atoms with Crippen LogP contribution in [0.3, 0.4) is 0 Å². The van der Waals surface area contributed by atoms with Crippen molar-refractivity contribution in [1.82, 2.24) is 24.2 Å². The third-order valence-corrected chi connectivity index (χ3v) is 8.82. The zero-order valence-electron chi connectivity index (χ0n) is 24.1. The molecule has 1 saturated heterocycles. The van der Waals surface area contributed by atoms with Gasteiger partial charge in [0.2, 0.25) is 0 Å². The van der Waals surface area contributed by atoms with Crippen molar-refractivity contribution >= 4 is 16.9 Å². The van der Waals surface area contributed by atoms with Gasteiger partial charge in [-0.15, -0.1) is 0 Å². The Bertz CT molecular complexity index is 1580. The van der Waals surface area contributed by atoms with E-state index < -0.39 is 24.4 Å². The van der Waals surface area contributed by atoms with Crippen LogP contribution in [0.25, 0.3) is 22.0 Å². The maximum absolute atomic E-state index is 14.9. The van der Waals surface area contributed by atoms with Crippen LogP contribution in [0, 0.1) is 13.8 Å². The van der Waals surface area contributed by atoms with Gasteiger partial charge in [-0.3, -0.25) is 4.68 Å². The molecule has 7 nitrogen and oxygen atoms in total. The summed E-state index contributed by atoms with van der Waals surface area (Å²) >= 11 is 0. The van der Waals surface area contributed by atoms with Crippen LogP contribution in [0.2, 0.25) is 0 Å². The normalized spacial score (nSPS) is 21.8. The third-order valence-electron chi connectivity index (χ3n) is 8.82. The smallest absolute Gasteiger partial charge is 0.337 e. The van der Waals surface area contributed by atoms with Crippen molar-refractivity contribution in [2.24, 2.45) is 0 Å². The molecule has 0 radical (unpaired) electrons. The molecule has 2 aromatic carbocycles. The molecule has 41 heavy (non-hydrogen) atoms. The first kappa shape index (κ1) is 27.6. The molecule has 2 aliphatic heterocycles. The number of halogens is 2. The summed E-state index contributed by atoms with van der Waals surface area (Å²) in [5, 5.41) is 5.83. The number of nitrogens with zero attached hydrogens (tertiary/aromatic N) is 5. The lowest BCUT2D eigenvalue weighted by Gasteiger charge is -2.34. The van der Waals surface area contributed by atoms with Gasteiger partial charge in [0.15, 0.2) is 6.04 Å². The fourth-order valence-electron chi connectivity index (χ4n) is 6.54. The first-order valence-corrected chi connectivity index (χ1v) is 14.6. The summed E-state index contributed by atoms with van der Waals surface area (Å²) in [5.74, 6) is -0.545. The van der Waals surface area contributed by atoms with Crippen LogP contribution in [-0.2, 0) is 22.5 Å². The number of alkyl halides is 2. The minimum atomic E-state index is -0.996. The Morgan fingerprint density at radius 1 is 1.15 bits per heavy atom. The number of rotatable bonds is 7. The summed E-state index contributed by atoms with van der Waals surface area (Å²) in [4.78, 5) is 19.9. The number of hydrogen-bond donors (Lipinski definition) is 0. The summed E-state index contributed by atoms with van der Waals surface area (Å²) in [6.07, 6.45) is 2.64. The maximum Gasteiger partial charge on any atom is 0.337 e. The fraction of sp³-hybridized carbons (Fsp3) is 0.469. The summed E-state index contributed by atoms with van der Waals surface area (Å²) in [6, 6.07) is 9.49. The molecule has 0 unspecified atom stereocenters. The molecule has 0 amide bonds. The highest BCUT2D eigenvalue weighted by Gasteiger charge is 2.35. The largest absolute Gasteiger partial charge is 0.464 e. The maximum atomic E-state index is 14.9. The zero-order valence-corrected chi connectivity index (χ0v) is 24.1. The van der Waals surface area contributed by atoms with Crippen molar-refractivity contribution in [2.75, 3.05) is 26.2 Å². The van der Waals surface area contributed by atoms with Gasteiger partial charge in [0.25, 0.3) is 0 Å². The molecule has 4 atom stereocenters. The fourth-order valence-corrected chi connectivity index (χ4v) is 6.54. The molecule has 1 fully saturated rings. The quantitative estimate of drug-likeness (QED) is 0.271. The Labute approximate surface area is 239 Å². The van der Waals surface area contributed by atoms with Crippen molar-refractivity contribution in [1.29, 1.82) is 0 Å². The number of aryl methyl sites for hydroxylation is 2. The van der Waals surface area contributed by atoms with Crippen molar-refractivity contribution in [3.05, 3.63) is 70.9 Å². The predicted molar refractivity (Wildman–Crippen MR) is 155 cm³/mol. The van der Waals surface area contributed by atoms with E-state index in [1.54, 1.807) is 22.5 Å². The second kappa shape index (κ2) is 11.0. The number of aromatic nitrogens is 4. The molecule has 216 valence electrons. The standard InChI is InChI=1S/C32H37F2N5O2/c1-5-37-12-11-24(27(34)17-37)21-7-9-22(10-8-21)25-13-19(3)26-16-39(36-29(26)20(25)4)31(32(40)41-6-2)30-28-14-23(33)15-38(28)18-35-30/h7-10,13,16,18,23-24,27,31H,5-6,11-12,14-15,17H2,1-4H3/t23-,24-,27+,31-/m1/s1. The molecule has 6 rings (SSSR count). The van der Waals surface area contributed by atoms with Gasteiger partial charge in [-0.05, 0) is 68.1 Å². The Morgan fingerprint density at radius 2 is 1.93 bits per heavy atom. The SMILES string of the molecule is CCOC(=O)[C@@H](c1ncn2c1C[C@@H](F)C2)n1cc2c(C)cc(-c3ccc([C@H]4CCN(CC)C[C@@H]4F)cc3)c(C)c2n1. The van der Waals surface area contributed by atoms with Crippen LogP contribution in [-0.4, -0.2) is 68.8 Å². The van der Waals surface area contributed by atoms with Gasteiger partial charge in [-0.25, -0.2) is 18.6 Å². The van der Waals surface area contributed by atoms with Crippen molar-refractivity contribution in [3.63, 3.8) is 0 Å². The molecule has 9 heteroatoms. The van der Waals surface area contributed by atoms with E-state index in [9.17, 15) is 13.6 Å². The van der Waals surface area contributed by atoms with E-state index in [1.807, 2.05) is 20.0 Å². The lowest BCUT2D eigenvalue weighted by molar-refractivity contribution is -0.146. The minimum Gasteiger partial charge on any atom is -0.464 e. The van der Waals surface area contributed by atoms with Crippen LogP contribution in [0.1, 0.15) is 60.3 Å². The summed E-state index contributed by atoms with van der Waals surface area (Å²) in [7, 11) is 0. The van der Waals surface area contributed by atoms with Crippen LogP contribution >= 0.6 is 0 Å². The molecule has 4 aromatic rings. The van der Waals surface area contributed by atoms with Crippen molar-refractivity contribution in [3.8, 4) is 11.1 Å². The Hall–Kier alpha value is -3.59. The number of piperidine rings is 1. The number of benzene rings is 2. The lowest BCUT2D eigenvalue weighted by Crippen LogP contribution is -2.40. The Morgan fingerprint density at radius 3 is 2.63 bits per heavy atom. The molecular formula is C32H37F2N5O2. The minimum absolute atomic E-state index is 0.0789. The van der Waals surface area contributed by atoms with E-state index in [1.165, 1.54) is 0 Å². The van der Waals surface area contributed by atoms with Gasteiger partial charge in [0, 0.05) is 36.2 Å². The highest BCUT2D eigenvalue weighted by atomic mass is 19.1. The van der Waals surface area contributed by atoms with Gasteiger partial charge < -0.3 is 14.2 Å². The van der Waals surface area contributed by atoms with Gasteiger partial charge in [-0.2, -0.15) is 5.10 Å². The Balaban J connectivity index is 1.35. The number of ether oxygens (including phenoxy) is 1. The van der Waals surface area contributed by atoms with E-state index in [2.05, 4.69) is 47.1 Å². The van der Waals surface area contributed by atoms with Crippen molar-refractivity contribution < 1.29 is 18.3 Å². The average Bonchev–Trinajstić information content (AvgIpc) is 3.67. The molecule has 0 bridgehead atoms. The van der Waals surface area contributed by atoms with E-state index in [4.69, 9.17) is 9.84 Å². The monoisotopic (exact) mass is 561 g/mol. The van der Waals surface area contributed by atoms with Crippen LogP contribution in [0.5, 0.6) is 0 Å². The topological polar surface area (TPSA) is 65.2 Å². The van der Waals surface area contributed by atoms with E-state index in [0.717, 1.165) is 58.2 Å². The lowest BCUT2D eigenvalue weighted by atomic mass is 9.86. The van der Waals surface area contributed by atoms with E-state index >= 15 is 0 Å². The molecule has 2 aliphatic rings.